The number of nitrogens with zero attached hydrogens (tertiary/aromatic N) is 1. The fourth-order valence-corrected chi connectivity index (χ4v) is 5.71. The van der Waals surface area contributed by atoms with Crippen LogP contribution < -0.4 is 4.74 Å². The van der Waals surface area contributed by atoms with Gasteiger partial charge in [0.15, 0.2) is 17.6 Å². The van der Waals surface area contributed by atoms with E-state index in [0.29, 0.717) is 18.5 Å². The minimum atomic E-state index is -1.68. The lowest BCUT2D eigenvalue weighted by Gasteiger charge is -2.58. The Morgan fingerprint density at radius 1 is 1.32 bits per heavy atom. The minimum absolute atomic E-state index is 0.0789. The van der Waals surface area contributed by atoms with E-state index in [1.165, 1.54) is 6.07 Å². The fourth-order valence-electron chi connectivity index (χ4n) is 5.71. The van der Waals surface area contributed by atoms with Gasteiger partial charge in [-0.2, -0.15) is 0 Å². The van der Waals surface area contributed by atoms with Crippen LogP contribution in [0.1, 0.15) is 44.2 Å². The summed E-state index contributed by atoms with van der Waals surface area (Å²) >= 11 is 0. The van der Waals surface area contributed by atoms with Crippen LogP contribution >= 0.6 is 0 Å². The molecule has 10 nitrogen and oxygen atoms in total. The number of aryl methyl sites for hydroxylation is 1. The Morgan fingerprint density at radius 2 is 2.03 bits per heavy atom. The van der Waals surface area contributed by atoms with Gasteiger partial charge in [0.1, 0.15) is 5.76 Å². The Morgan fingerprint density at radius 3 is 2.68 bits per heavy atom. The number of rotatable bonds is 5. The monoisotopic (exact) mass is 475 g/mol. The number of carboxylic acid groups (broad SMARTS) is 1. The Hall–Kier alpha value is -3.11. The van der Waals surface area contributed by atoms with Gasteiger partial charge in [-0.15, -0.1) is 0 Å². The third-order valence-electron chi connectivity index (χ3n) is 7.50. The first-order valence-corrected chi connectivity index (χ1v) is 11.2. The molecule has 3 aliphatic rings. The number of phenolic OH excluding ortho intramolecular Hbond substituents is 1. The van der Waals surface area contributed by atoms with Crippen LogP contribution in [-0.2, 0) is 29.3 Å². The van der Waals surface area contributed by atoms with E-state index in [-0.39, 0.29) is 29.7 Å². The van der Waals surface area contributed by atoms with Gasteiger partial charge in [0, 0.05) is 24.9 Å². The largest absolute Gasteiger partial charge is 0.504 e. The van der Waals surface area contributed by atoms with Gasteiger partial charge in [-0.3, -0.25) is 9.59 Å². The molecule has 34 heavy (non-hydrogen) atoms. The molecule has 1 aromatic rings. The number of piperidine rings is 1. The number of likely N-dealkylation sites (N-methyl/N-ethyl adjacent to an activating group) is 1. The van der Waals surface area contributed by atoms with Gasteiger partial charge in [-0.1, -0.05) is 6.07 Å². The number of aliphatic hydroxyl groups is 1. The van der Waals surface area contributed by atoms with Crippen molar-refractivity contribution in [3.8, 4) is 11.5 Å². The molecule has 2 aliphatic heterocycles. The number of benzene rings is 1. The lowest BCUT2D eigenvalue weighted by molar-refractivity contribution is -0.169. The predicted octanol–water partition coefficient (Wildman–Crippen LogP) is 1.39. The number of carboxylic acids is 1. The van der Waals surface area contributed by atoms with E-state index < -0.39 is 47.6 Å². The molecule has 1 aromatic carbocycles. The van der Waals surface area contributed by atoms with Crippen molar-refractivity contribution >= 4 is 17.9 Å². The van der Waals surface area contributed by atoms with Gasteiger partial charge in [0.25, 0.3) is 0 Å². The lowest BCUT2D eigenvalue weighted by Crippen LogP contribution is -2.71. The summed E-state index contributed by atoms with van der Waals surface area (Å²) in [6.45, 7) is 5.49. The first-order chi connectivity index (χ1) is 15.9. The molecule has 0 bridgehead atoms. The van der Waals surface area contributed by atoms with Crippen molar-refractivity contribution in [3.63, 3.8) is 0 Å². The number of carbonyl (C=O) groups is 3. The van der Waals surface area contributed by atoms with E-state index in [1.807, 2.05) is 20.9 Å². The van der Waals surface area contributed by atoms with E-state index in [2.05, 4.69) is 4.90 Å². The van der Waals surface area contributed by atoms with Crippen LogP contribution in [0.3, 0.4) is 0 Å². The molecule has 1 unspecified atom stereocenters. The molecule has 1 saturated heterocycles. The lowest BCUT2D eigenvalue weighted by atomic mass is 9.54. The van der Waals surface area contributed by atoms with E-state index in [1.54, 1.807) is 12.1 Å². The molecule has 3 N–H and O–H groups in total. The van der Waals surface area contributed by atoms with Gasteiger partial charge in [0.2, 0.25) is 6.10 Å². The standard InChI is InChI=1S/C24H29NO9/c1-12-5-6-15(27)20-19(12)23-9-10-25(4)13(2)24(23,31)8-7-16(21(23)34-20)33-18(28)11-17(22(29)30)32-14(3)26/h5-7,13,17,21,27,31H,8-11H2,1-4H3,(H,29,30)/t13-,17?,21+,23+,24-/m1/s1. The first kappa shape index (κ1) is 24.0. The van der Waals surface area contributed by atoms with Crippen molar-refractivity contribution in [3.05, 3.63) is 35.1 Å². The highest BCUT2D eigenvalue weighted by Crippen LogP contribution is 2.62. The summed E-state index contributed by atoms with van der Waals surface area (Å²) in [7, 11) is 1.93. The quantitative estimate of drug-likeness (QED) is 0.535. The number of aliphatic carboxylic acids is 1. The predicted molar refractivity (Wildman–Crippen MR) is 117 cm³/mol. The van der Waals surface area contributed by atoms with E-state index >= 15 is 0 Å². The highest BCUT2D eigenvalue weighted by molar-refractivity contribution is 5.83. The van der Waals surface area contributed by atoms with Gasteiger partial charge in [0.05, 0.1) is 17.4 Å². The van der Waals surface area contributed by atoms with Gasteiger partial charge in [-0.05, 0) is 51.6 Å². The second-order valence-corrected chi connectivity index (χ2v) is 9.33. The van der Waals surface area contributed by atoms with Crippen molar-refractivity contribution < 1.29 is 43.9 Å². The van der Waals surface area contributed by atoms with Crippen LogP contribution in [0.4, 0.5) is 0 Å². The molecule has 4 rings (SSSR count). The Bertz CT molecular complexity index is 1080. The molecule has 2 heterocycles. The SMILES string of the molecule is CC(=O)OC(CC(=O)OC1=CC[C@@]2(O)[C@@H](C)N(C)CC[C@@]23c2c(C)ccc(O)c2O[C@@H]13)C(=O)O. The number of carbonyl (C=O) groups excluding carboxylic acids is 2. The summed E-state index contributed by atoms with van der Waals surface area (Å²) < 4.78 is 16.5. The molecule has 184 valence electrons. The summed E-state index contributed by atoms with van der Waals surface area (Å²) in [5, 5.41) is 31.9. The third kappa shape index (κ3) is 3.43. The summed E-state index contributed by atoms with van der Waals surface area (Å²) in [6.07, 6.45) is -1.07. The van der Waals surface area contributed by atoms with Crippen LogP contribution in [0.25, 0.3) is 0 Å². The Labute approximate surface area is 196 Å². The zero-order valence-electron chi connectivity index (χ0n) is 19.5. The third-order valence-corrected chi connectivity index (χ3v) is 7.50. The average Bonchev–Trinajstić information content (AvgIpc) is 3.13. The molecule has 0 radical (unpaired) electrons. The Kier molecular flexibility index (Phi) is 5.85. The molecule has 1 spiro atoms. The summed E-state index contributed by atoms with van der Waals surface area (Å²) in [5.41, 5.74) is -0.765. The number of likely N-dealkylation sites (tertiary alicyclic amines) is 1. The van der Waals surface area contributed by atoms with Crippen molar-refractivity contribution in [1.29, 1.82) is 0 Å². The van der Waals surface area contributed by atoms with Gasteiger partial charge < -0.3 is 34.4 Å². The van der Waals surface area contributed by atoms with Crippen LogP contribution in [0.5, 0.6) is 11.5 Å². The molecular weight excluding hydrogens is 446 g/mol. The number of esters is 2. The molecule has 0 aromatic heterocycles. The van der Waals surface area contributed by atoms with E-state index in [0.717, 1.165) is 12.5 Å². The fraction of sp³-hybridized carbons (Fsp3) is 0.542. The molecule has 1 aliphatic carbocycles. The topological polar surface area (TPSA) is 143 Å². The van der Waals surface area contributed by atoms with Crippen molar-refractivity contribution in [1.82, 2.24) is 4.90 Å². The Balaban J connectivity index is 1.73. The molecule has 5 atom stereocenters. The summed E-state index contributed by atoms with van der Waals surface area (Å²) in [6, 6.07) is 3.01. The first-order valence-electron chi connectivity index (χ1n) is 11.2. The molecule has 1 fully saturated rings. The highest BCUT2D eigenvalue weighted by atomic mass is 16.6. The van der Waals surface area contributed by atoms with Crippen LogP contribution in [0.2, 0.25) is 0 Å². The molecule has 0 saturated carbocycles. The number of ether oxygens (including phenoxy) is 3. The number of phenols is 1. The van der Waals surface area contributed by atoms with Crippen molar-refractivity contribution in [2.45, 2.75) is 69.3 Å². The summed E-state index contributed by atoms with van der Waals surface area (Å²) in [4.78, 5) is 37.3. The van der Waals surface area contributed by atoms with Crippen molar-refractivity contribution in [2.24, 2.45) is 0 Å². The van der Waals surface area contributed by atoms with E-state index in [4.69, 9.17) is 14.2 Å². The molecular formula is C24H29NO9. The molecule has 10 heteroatoms. The molecule has 0 amide bonds. The van der Waals surface area contributed by atoms with Crippen LogP contribution in [-0.4, -0.2) is 75.6 Å². The maximum atomic E-state index is 12.7. The second kappa shape index (κ2) is 8.28. The summed E-state index contributed by atoms with van der Waals surface area (Å²) in [5.74, 6) is -2.92. The maximum Gasteiger partial charge on any atom is 0.345 e. The van der Waals surface area contributed by atoms with Crippen LogP contribution in [0.15, 0.2) is 24.0 Å². The smallest absolute Gasteiger partial charge is 0.345 e. The second-order valence-electron chi connectivity index (χ2n) is 9.33. The zero-order chi connectivity index (χ0) is 25.0. The van der Waals surface area contributed by atoms with Crippen molar-refractivity contribution in [2.75, 3.05) is 13.6 Å². The van der Waals surface area contributed by atoms with Crippen LogP contribution in [0, 0.1) is 6.92 Å². The minimum Gasteiger partial charge on any atom is -0.504 e. The number of hydrogen-bond acceptors (Lipinski definition) is 9. The number of aromatic hydroxyl groups is 1. The maximum absolute atomic E-state index is 12.7. The number of fused-ring (bicyclic) bond motifs is 1. The van der Waals surface area contributed by atoms with E-state index in [9.17, 15) is 29.7 Å². The average molecular weight is 475 g/mol. The van der Waals surface area contributed by atoms with Gasteiger partial charge in [-0.25, -0.2) is 4.79 Å². The number of hydrogen-bond donors (Lipinski definition) is 3. The zero-order valence-corrected chi connectivity index (χ0v) is 19.5. The van der Waals surface area contributed by atoms with Gasteiger partial charge >= 0.3 is 17.9 Å². The highest BCUT2D eigenvalue weighted by Gasteiger charge is 2.69. The normalized spacial score (nSPS) is 30.7.